The van der Waals surface area contributed by atoms with Crippen LogP contribution < -0.4 is 0 Å². The van der Waals surface area contributed by atoms with Gasteiger partial charge in [-0.25, -0.2) is 8.42 Å². The molecule has 8 heteroatoms. The number of rotatable bonds is 6. The van der Waals surface area contributed by atoms with Crippen molar-refractivity contribution in [2.45, 2.75) is 38.5 Å². The van der Waals surface area contributed by atoms with Gasteiger partial charge in [-0.15, -0.1) is 11.3 Å². The first kappa shape index (κ1) is 21.7. The van der Waals surface area contributed by atoms with Crippen molar-refractivity contribution in [3.05, 3.63) is 51.2 Å². The van der Waals surface area contributed by atoms with Crippen molar-refractivity contribution >= 4 is 33.1 Å². The number of piperazine rings is 1. The summed E-state index contributed by atoms with van der Waals surface area (Å²) in [5, 5.41) is 0. The molecule has 6 nitrogen and oxygen atoms in total. The zero-order valence-corrected chi connectivity index (χ0v) is 18.6. The Labute approximate surface area is 176 Å². The van der Waals surface area contributed by atoms with Gasteiger partial charge >= 0.3 is 0 Å². The maximum Gasteiger partial charge on any atom is 0.243 e. The van der Waals surface area contributed by atoms with Crippen molar-refractivity contribution in [3.63, 3.8) is 0 Å². The molecule has 0 atom stereocenters. The Morgan fingerprint density at radius 2 is 1.66 bits per heavy atom. The van der Waals surface area contributed by atoms with Crippen molar-refractivity contribution < 1.29 is 18.0 Å². The lowest BCUT2D eigenvalue weighted by molar-refractivity contribution is -0.132. The second kappa shape index (κ2) is 8.77. The van der Waals surface area contributed by atoms with Gasteiger partial charge in [-0.3, -0.25) is 9.59 Å². The molecule has 3 rings (SSSR count). The fraction of sp³-hybridized carbons (Fsp3) is 0.429. The SMILES string of the molecule is Cc1ccc(S(=O)(=O)N2CCN(C(=O)CCC(=O)c3ccc(C)s3)CC2)c(C)c1. The molecule has 1 aliphatic heterocycles. The minimum atomic E-state index is -3.58. The minimum absolute atomic E-state index is 0.0208. The van der Waals surface area contributed by atoms with Crippen LogP contribution in [0.15, 0.2) is 35.2 Å². The average Bonchev–Trinajstić information content (AvgIpc) is 3.12. The van der Waals surface area contributed by atoms with E-state index in [1.807, 2.05) is 26.0 Å². The van der Waals surface area contributed by atoms with E-state index in [-0.39, 0.29) is 37.6 Å². The quantitative estimate of drug-likeness (QED) is 0.655. The summed E-state index contributed by atoms with van der Waals surface area (Å²) in [6, 6.07) is 9.00. The fourth-order valence-electron chi connectivity index (χ4n) is 3.49. The Balaban J connectivity index is 1.55. The molecular weight excluding hydrogens is 408 g/mol. The lowest BCUT2D eigenvalue weighted by Crippen LogP contribution is -2.50. The normalized spacial score (nSPS) is 15.5. The highest BCUT2D eigenvalue weighted by Gasteiger charge is 2.31. The number of benzene rings is 1. The molecule has 1 saturated heterocycles. The Bertz CT molecular complexity index is 1020. The largest absolute Gasteiger partial charge is 0.340 e. The van der Waals surface area contributed by atoms with Gasteiger partial charge in [-0.05, 0) is 44.5 Å². The van der Waals surface area contributed by atoms with E-state index in [9.17, 15) is 18.0 Å². The third kappa shape index (κ3) is 4.94. The maximum absolute atomic E-state index is 12.9. The Morgan fingerprint density at radius 1 is 0.966 bits per heavy atom. The first-order valence-corrected chi connectivity index (χ1v) is 11.9. The van der Waals surface area contributed by atoms with Crippen molar-refractivity contribution in [3.8, 4) is 0 Å². The van der Waals surface area contributed by atoms with Gasteiger partial charge in [0.15, 0.2) is 5.78 Å². The third-order valence-electron chi connectivity index (χ3n) is 5.12. The van der Waals surface area contributed by atoms with Gasteiger partial charge in [0.2, 0.25) is 15.9 Å². The summed E-state index contributed by atoms with van der Waals surface area (Å²) in [7, 11) is -3.58. The first-order valence-electron chi connectivity index (χ1n) is 9.63. The Kier molecular flexibility index (Phi) is 6.55. The van der Waals surface area contributed by atoms with E-state index in [4.69, 9.17) is 0 Å². The molecule has 1 fully saturated rings. The molecule has 156 valence electrons. The molecule has 1 aliphatic rings. The van der Waals surface area contributed by atoms with Gasteiger partial charge in [0, 0.05) is 43.9 Å². The summed E-state index contributed by atoms with van der Waals surface area (Å²) in [5.41, 5.74) is 1.75. The van der Waals surface area contributed by atoms with Crippen molar-refractivity contribution in [2.75, 3.05) is 26.2 Å². The van der Waals surface area contributed by atoms with Crippen LogP contribution in [0.25, 0.3) is 0 Å². The van der Waals surface area contributed by atoms with Crippen LogP contribution in [0.5, 0.6) is 0 Å². The van der Waals surface area contributed by atoms with Crippen molar-refractivity contribution in [2.24, 2.45) is 0 Å². The zero-order chi connectivity index (χ0) is 21.2. The van der Waals surface area contributed by atoms with Gasteiger partial charge in [0.25, 0.3) is 0 Å². The van der Waals surface area contributed by atoms with Crippen LogP contribution in [0.4, 0.5) is 0 Å². The number of carbonyl (C=O) groups excluding carboxylic acids is 2. The second-order valence-corrected chi connectivity index (χ2v) is 10.6. The van der Waals surface area contributed by atoms with E-state index >= 15 is 0 Å². The van der Waals surface area contributed by atoms with Crippen LogP contribution in [0.2, 0.25) is 0 Å². The van der Waals surface area contributed by atoms with Crippen molar-refractivity contribution in [1.82, 2.24) is 9.21 Å². The number of hydrogen-bond donors (Lipinski definition) is 0. The maximum atomic E-state index is 12.9. The van der Waals surface area contributed by atoms with Crippen LogP contribution in [0, 0.1) is 20.8 Å². The molecular formula is C21H26N2O4S2. The van der Waals surface area contributed by atoms with Gasteiger partial charge in [0.1, 0.15) is 0 Å². The molecule has 1 aromatic carbocycles. The molecule has 0 saturated carbocycles. The summed E-state index contributed by atoms with van der Waals surface area (Å²) < 4.78 is 27.3. The number of sulfonamides is 1. The molecule has 0 N–H and O–H groups in total. The lowest BCUT2D eigenvalue weighted by atomic mass is 10.1. The average molecular weight is 435 g/mol. The highest BCUT2D eigenvalue weighted by molar-refractivity contribution is 7.89. The third-order valence-corrected chi connectivity index (χ3v) is 8.22. The summed E-state index contributed by atoms with van der Waals surface area (Å²) in [4.78, 5) is 28.4. The van der Waals surface area contributed by atoms with E-state index < -0.39 is 10.0 Å². The molecule has 0 spiro atoms. The molecule has 0 unspecified atom stereocenters. The number of thiophene rings is 1. The monoisotopic (exact) mass is 434 g/mol. The Morgan fingerprint density at radius 3 is 2.24 bits per heavy atom. The second-order valence-electron chi connectivity index (χ2n) is 7.39. The van der Waals surface area contributed by atoms with Crippen LogP contribution in [-0.2, 0) is 14.8 Å². The highest BCUT2D eigenvalue weighted by atomic mass is 32.2. The lowest BCUT2D eigenvalue weighted by Gasteiger charge is -2.34. The standard InChI is InChI=1S/C21H26N2O4S2/c1-15-4-8-20(16(2)14-15)29(26,27)23-12-10-22(11-13-23)21(25)9-6-18(24)19-7-5-17(3)28-19/h4-5,7-8,14H,6,9-13H2,1-3H3. The minimum Gasteiger partial charge on any atom is -0.340 e. The molecule has 0 aliphatic carbocycles. The molecule has 2 heterocycles. The van der Waals surface area contributed by atoms with Crippen molar-refractivity contribution in [1.29, 1.82) is 0 Å². The van der Waals surface area contributed by atoms with Crippen LogP contribution >= 0.6 is 11.3 Å². The number of amides is 1. The van der Waals surface area contributed by atoms with Gasteiger partial charge in [-0.2, -0.15) is 4.31 Å². The highest BCUT2D eigenvalue weighted by Crippen LogP contribution is 2.23. The molecule has 1 amide bonds. The van der Waals surface area contributed by atoms with Crippen LogP contribution in [-0.4, -0.2) is 55.5 Å². The van der Waals surface area contributed by atoms with E-state index in [1.165, 1.54) is 15.6 Å². The topological polar surface area (TPSA) is 74.8 Å². The predicted molar refractivity (Wildman–Crippen MR) is 114 cm³/mol. The molecule has 1 aromatic heterocycles. The molecule has 29 heavy (non-hydrogen) atoms. The van der Waals surface area contributed by atoms with E-state index in [0.29, 0.717) is 22.9 Å². The summed E-state index contributed by atoms with van der Waals surface area (Å²) in [6.45, 7) is 6.88. The van der Waals surface area contributed by atoms with Gasteiger partial charge in [-0.1, -0.05) is 17.7 Å². The van der Waals surface area contributed by atoms with Crippen LogP contribution in [0.3, 0.4) is 0 Å². The van der Waals surface area contributed by atoms with E-state index in [1.54, 1.807) is 30.0 Å². The molecule has 2 aromatic rings. The first-order chi connectivity index (χ1) is 13.7. The number of carbonyl (C=O) groups is 2. The van der Waals surface area contributed by atoms with E-state index in [2.05, 4.69) is 0 Å². The van der Waals surface area contributed by atoms with Crippen LogP contribution in [0.1, 0.15) is 38.5 Å². The van der Waals surface area contributed by atoms with Gasteiger partial charge in [0.05, 0.1) is 9.77 Å². The summed E-state index contributed by atoms with van der Waals surface area (Å²) >= 11 is 1.44. The Hall–Kier alpha value is -2.03. The number of aryl methyl sites for hydroxylation is 3. The van der Waals surface area contributed by atoms with Gasteiger partial charge < -0.3 is 4.90 Å². The number of Topliss-reactive ketones (excluding diaryl/α,β-unsaturated/α-hetero) is 1. The number of ketones is 1. The number of hydrogen-bond acceptors (Lipinski definition) is 5. The number of nitrogens with zero attached hydrogens (tertiary/aromatic N) is 2. The zero-order valence-electron chi connectivity index (χ0n) is 17.0. The molecule has 0 bridgehead atoms. The molecule has 0 radical (unpaired) electrons. The smallest absolute Gasteiger partial charge is 0.243 e. The predicted octanol–water partition coefficient (Wildman–Crippen LogP) is 3.17. The van der Waals surface area contributed by atoms with E-state index in [0.717, 1.165) is 16.0 Å². The summed E-state index contributed by atoms with van der Waals surface area (Å²) in [6.07, 6.45) is 0.333. The fourth-order valence-corrected chi connectivity index (χ4v) is 5.95. The summed E-state index contributed by atoms with van der Waals surface area (Å²) in [5.74, 6) is -0.122.